The van der Waals surface area contributed by atoms with Crippen molar-refractivity contribution in [1.29, 1.82) is 0 Å². The highest BCUT2D eigenvalue weighted by molar-refractivity contribution is 5.55. The first-order valence-electron chi connectivity index (χ1n) is 9.76. The summed E-state index contributed by atoms with van der Waals surface area (Å²) in [5, 5.41) is 3.54. The Hall–Kier alpha value is -2.30. The third kappa shape index (κ3) is 2.89. The minimum atomic E-state index is -0.240. The molecule has 1 unspecified atom stereocenters. The van der Waals surface area contributed by atoms with Gasteiger partial charge in [0.1, 0.15) is 0 Å². The van der Waals surface area contributed by atoms with Crippen molar-refractivity contribution in [3.05, 3.63) is 61.4 Å². The number of nitrogens with zero attached hydrogens (tertiary/aromatic N) is 1. The van der Waals surface area contributed by atoms with Gasteiger partial charge in [-0.2, -0.15) is 0 Å². The Labute approximate surface area is 153 Å². The number of rotatable bonds is 3. The van der Waals surface area contributed by atoms with Gasteiger partial charge < -0.3 is 10.3 Å². The van der Waals surface area contributed by atoms with E-state index in [4.69, 9.17) is 0 Å². The Kier molecular flexibility index (Phi) is 4.47. The van der Waals surface area contributed by atoms with Gasteiger partial charge in [-0.1, -0.05) is 31.4 Å². The van der Waals surface area contributed by atoms with Crippen LogP contribution in [0.4, 0.5) is 5.69 Å². The topological polar surface area (TPSA) is 66.9 Å². The zero-order valence-electron chi connectivity index (χ0n) is 15.6. The molecule has 0 amide bonds. The predicted octanol–water partition coefficient (Wildman–Crippen LogP) is 3.76. The zero-order valence-corrected chi connectivity index (χ0v) is 15.6. The highest BCUT2D eigenvalue weighted by Gasteiger charge is 2.30. The summed E-state index contributed by atoms with van der Waals surface area (Å²) in [6.45, 7) is 4.19. The van der Waals surface area contributed by atoms with Crippen LogP contribution in [0.15, 0.2) is 27.8 Å². The lowest BCUT2D eigenvalue weighted by Crippen LogP contribution is -2.41. The summed E-state index contributed by atoms with van der Waals surface area (Å²) in [6, 6.07) is 6.24. The molecular formula is C21H27N3O2. The molecule has 1 aromatic carbocycles. The van der Waals surface area contributed by atoms with Gasteiger partial charge in [0.15, 0.2) is 0 Å². The second-order valence-electron chi connectivity index (χ2n) is 7.77. The van der Waals surface area contributed by atoms with Gasteiger partial charge in [-0.05, 0) is 56.7 Å². The Morgan fingerprint density at radius 3 is 2.62 bits per heavy atom. The van der Waals surface area contributed by atoms with E-state index in [1.807, 2.05) is 6.07 Å². The summed E-state index contributed by atoms with van der Waals surface area (Å²) < 4.78 is 1.50. The van der Waals surface area contributed by atoms with Crippen molar-refractivity contribution in [1.82, 2.24) is 9.55 Å². The first kappa shape index (κ1) is 17.1. The second kappa shape index (κ2) is 6.78. The number of benzene rings is 1. The molecule has 2 aromatic rings. The highest BCUT2D eigenvalue weighted by Crippen LogP contribution is 2.32. The zero-order chi connectivity index (χ0) is 18.3. The number of nitrogens with one attached hydrogen (secondary N) is 2. The Bertz CT molecular complexity index is 935. The van der Waals surface area contributed by atoms with Crippen molar-refractivity contribution in [3.8, 4) is 0 Å². The van der Waals surface area contributed by atoms with Crippen molar-refractivity contribution in [2.24, 2.45) is 0 Å². The summed E-state index contributed by atoms with van der Waals surface area (Å²) >= 11 is 0. The van der Waals surface area contributed by atoms with Gasteiger partial charge >= 0.3 is 5.69 Å². The van der Waals surface area contributed by atoms with E-state index in [9.17, 15) is 9.59 Å². The van der Waals surface area contributed by atoms with Crippen LogP contribution in [0.5, 0.6) is 0 Å². The largest absolute Gasteiger partial charge is 0.377 e. The van der Waals surface area contributed by atoms with Gasteiger partial charge in [-0.15, -0.1) is 0 Å². The molecule has 138 valence electrons. The molecule has 0 bridgehead atoms. The van der Waals surface area contributed by atoms with Crippen LogP contribution in [0.1, 0.15) is 73.0 Å². The fraction of sp³-hybridized carbons (Fsp3) is 0.524. The molecule has 4 rings (SSSR count). The fourth-order valence-electron chi connectivity index (χ4n) is 4.49. The van der Waals surface area contributed by atoms with Crippen LogP contribution in [0.25, 0.3) is 0 Å². The summed E-state index contributed by atoms with van der Waals surface area (Å²) in [4.78, 5) is 28.8. The Morgan fingerprint density at radius 1 is 1.08 bits per heavy atom. The molecule has 5 nitrogen and oxygen atoms in total. The quantitative estimate of drug-likeness (QED) is 0.883. The number of hydrogen-bond donors (Lipinski definition) is 2. The van der Waals surface area contributed by atoms with Crippen LogP contribution >= 0.6 is 0 Å². The number of H-pyrrole nitrogens is 1. The van der Waals surface area contributed by atoms with Gasteiger partial charge in [0.25, 0.3) is 5.56 Å². The van der Waals surface area contributed by atoms with Crippen LogP contribution in [0, 0.1) is 13.8 Å². The van der Waals surface area contributed by atoms with Crippen molar-refractivity contribution < 1.29 is 0 Å². The average molecular weight is 353 g/mol. The van der Waals surface area contributed by atoms with Crippen LogP contribution < -0.4 is 16.6 Å². The monoisotopic (exact) mass is 353 g/mol. The van der Waals surface area contributed by atoms with Crippen molar-refractivity contribution in [3.63, 3.8) is 0 Å². The average Bonchev–Trinajstić information content (AvgIpc) is 3.03. The van der Waals surface area contributed by atoms with Gasteiger partial charge in [0.2, 0.25) is 0 Å². The molecule has 1 atom stereocenters. The summed E-state index contributed by atoms with van der Waals surface area (Å²) in [6.07, 6.45) is 6.84. The van der Waals surface area contributed by atoms with E-state index in [-0.39, 0.29) is 23.3 Å². The number of aromatic nitrogens is 2. The van der Waals surface area contributed by atoms with Gasteiger partial charge in [-0.3, -0.25) is 9.36 Å². The Balaban J connectivity index is 1.68. The lowest BCUT2D eigenvalue weighted by atomic mass is 9.95. The second-order valence-corrected chi connectivity index (χ2v) is 7.77. The molecule has 2 N–H and O–H groups in total. The normalized spacial score (nSPS) is 20.2. The highest BCUT2D eigenvalue weighted by atomic mass is 16.2. The smallest absolute Gasteiger partial charge is 0.328 e. The number of hydrogen-bond acceptors (Lipinski definition) is 3. The van der Waals surface area contributed by atoms with E-state index in [2.05, 4.69) is 36.3 Å². The van der Waals surface area contributed by atoms with E-state index >= 15 is 0 Å². The van der Waals surface area contributed by atoms with Crippen LogP contribution in [0.2, 0.25) is 0 Å². The van der Waals surface area contributed by atoms with Gasteiger partial charge in [0.05, 0.1) is 11.7 Å². The Morgan fingerprint density at radius 2 is 1.85 bits per heavy atom. The van der Waals surface area contributed by atoms with E-state index < -0.39 is 0 Å². The molecular weight excluding hydrogens is 326 g/mol. The lowest BCUT2D eigenvalue weighted by molar-refractivity contribution is 0.335. The third-order valence-corrected chi connectivity index (χ3v) is 6.17. The van der Waals surface area contributed by atoms with E-state index in [0.29, 0.717) is 0 Å². The molecule has 2 aliphatic carbocycles. The molecule has 0 radical (unpaired) electrons. The number of aromatic amines is 1. The maximum Gasteiger partial charge on any atom is 0.328 e. The van der Waals surface area contributed by atoms with Crippen LogP contribution in [-0.4, -0.2) is 9.55 Å². The maximum absolute atomic E-state index is 13.0. The third-order valence-electron chi connectivity index (χ3n) is 6.17. The number of anilines is 1. The van der Waals surface area contributed by atoms with Crippen molar-refractivity contribution in [2.75, 3.05) is 5.32 Å². The molecule has 1 saturated carbocycles. The minimum absolute atomic E-state index is 0.00749. The van der Waals surface area contributed by atoms with E-state index in [0.717, 1.165) is 55.5 Å². The molecule has 1 aromatic heterocycles. The van der Waals surface area contributed by atoms with Crippen LogP contribution in [0.3, 0.4) is 0 Å². The lowest BCUT2D eigenvalue weighted by Gasteiger charge is -2.24. The fourth-order valence-corrected chi connectivity index (χ4v) is 4.49. The number of aryl methyl sites for hydroxylation is 1. The molecule has 5 heteroatoms. The van der Waals surface area contributed by atoms with Crippen molar-refractivity contribution >= 4 is 5.69 Å². The first-order valence-corrected chi connectivity index (χ1v) is 9.76. The summed E-state index contributed by atoms with van der Waals surface area (Å²) in [5.41, 5.74) is 4.77. The minimum Gasteiger partial charge on any atom is -0.377 e. The summed E-state index contributed by atoms with van der Waals surface area (Å²) in [7, 11) is 0. The molecule has 1 fully saturated rings. The van der Waals surface area contributed by atoms with Crippen molar-refractivity contribution in [2.45, 2.75) is 70.9 Å². The number of fused-ring (bicyclic) bond motifs is 1. The first-order chi connectivity index (χ1) is 12.6. The van der Waals surface area contributed by atoms with Crippen LogP contribution in [-0.2, 0) is 6.42 Å². The molecule has 0 saturated heterocycles. The molecule has 26 heavy (non-hydrogen) atoms. The molecule has 0 spiro atoms. The van der Waals surface area contributed by atoms with Gasteiger partial charge in [-0.25, -0.2) is 4.79 Å². The van der Waals surface area contributed by atoms with Gasteiger partial charge in [0, 0.05) is 17.3 Å². The molecule has 0 aliphatic heterocycles. The molecule has 1 heterocycles. The standard InChI is InChI=1S/C21H27N3O2/c1-13-7-6-10-17(14(13)2)22-18-12-11-16-19(18)23-21(26)24(20(16)25)15-8-4-3-5-9-15/h6-7,10,15,18,22H,3-5,8-9,11-12H2,1-2H3,(H,23,26). The maximum atomic E-state index is 13.0. The molecule has 2 aliphatic rings. The van der Waals surface area contributed by atoms with E-state index in [1.165, 1.54) is 22.1 Å². The predicted molar refractivity (Wildman–Crippen MR) is 104 cm³/mol. The van der Waals surface area contributed by atoms with E-state index in [1.54, 1.807) is 0 Å². The summed E-state index contributed by atoms with van der Waals surface area (Å²) in [5.74, 6) is 0. The SMILES string of the molecule is Cc1cccc(NC2CCc3c2[nH]c(=O)n(C2CCCCC2)c3=O)c1C.